The van der Waals surface area contributed by atoms with Gasteiger partial charge < -0.3 is 5.11 Å². The van der Waals surface area contributed by atoms with Gasteiger partial charge in [0, 0.05) is 26.4 Å². The van der Waals surface area contributed by atoms with E-state index in [4.69, 9.17) is 22.7 Å². The van der Waals surface area contributed by atoms with E-state index in [2.05, 4.69) is 0 Å². The van der Waals surface area contributed by atoms with Gasteiger partial charge in [-0.15, -0.1) is 0 Å². The largest absolute Gasteiger partial charge is 0 e. The van der Waals surface area contributed by atoms with Gasteiger partial charge >= 0.3 is 43.6 Å². The summed E-state index contributed by atoms with van der Waals surface area (Å²) in [5, 5.41) is 7.42. The second kappa shape index (κ2) is 16.0. The third-order valence-corrected chi connectivity index (χ3v) is 0. The third kappa shape index (κ3) is 102. The molecule has 42 valence electrons. The van der Waals surface area contributed by atoms with Crippen molar-refractivity contribution in [3.63, 3.8) is 0 Å². The van der Waals surface area contributed by atoms with E-state index < -0.39 is 36.8 Å². The molecule has 2 nitrogen and oxygen atoms in total. The Morgan fingerprint density at radius 3 is 1.62 bits per heavy atom. The number of rotatable bonds is 0. The fourth-order valence-electron chi connectivity index (χ4n) is 0. The maximum Gasteiger partial charge on any atom is 0 e. The Morgan fingerprint density at radius 2 is 1.62 bits per heavy atom. The Kier molecular flexibility index (Phi) is 32.9. The molecule has 0 aliphatic carbocycles. The maximum atomic E-state index is 9.00. The molecule has 0 atom stereocenters. The van der Waals surface area contributed by atoms with Crippen LogP contribution in [0.3, 0.4) is 0 Å². The first-order chi connectivity index (χ1) is 3.15. The predicted molar refractivity (Wildman–Crippen MR) is 30.8 cm³/mol. The minimum Gasteiger partial charge on any atom is 0 e. The summed E-state index contributed by atoms with van der Waals surface area (Å²) in [5.41, 5.74) is 0. The SMILES string of the molecule is CC(=O)O.[Cl][Ca][Cl].[Zn]. The van der Waals surface area contributed by atoms with Crippen molar-refractivity contribution in [2.24, 2.45) is 0 Å². The fraction of sp³-hybridized carbons (Fsp3) is 0.500. The summed E-state index contributed by atoms with van der Waals surface area (Å²) in [5.74, 6) is -0.833. The van der Waals surface area contributed by atoms with Gasteiger partial charge in [0.2, 0.25) is 0 Å². The summed E-state index contributed by atoms with van der Waals surface area (Å²) in [4.78, 5) is 9.00. The normalized spacial score (nSPS) is 4.38. The van der Waals surface area contributed by atoms with Crippen LogP contribution >= 0.6 is 12.8 Å². The van der Waals surface area contributed by atoms with Crippen LogP contribution in [0, 0.1) is 0 Å². The zero-order valence-corrected chi connectivity index (χ0v) is 11.2. The number of halogens is 2. The number of carboxylic acids is 1. The van der Waals surface area contributed by atoms with Crippen molar-refractivity contribution in [1.29, 1.82) is 0 Å². The molecule has 0 bridgehead atoms. The van der Waals surface area contributed by atoms with Crippen LogP contribution in [0.2, 0.25) is 0 Å². The first kappa shape index (κ1) is 16.5. The molecule has 0 saturated carbocycles. The predicted octanol–water partition coefficient (Wildman–Crippen LogP) is 1.09. The van der Waals surface area contributed by atoms with Crippen LogP contribution in [0.4, 0.5) is 0 Å². The molecule has 6 heteroatoms. The van der Waals surface area contributed by atoms with Crippen molar-refractivity contribution in [2.75, 3.05) is 0 Å². The Balaban J connectivity index is -0.0000000575. The molecular formula is C2H4CaCl2O2Zn. The van der Waals surface area contributed by atoms with Crippen molar-refractivity contribution < 1.29 is 29.4 Å². The van der Waals surface area contributed by atoms with Gasteiger partial charge in [0.1, 0.15) is 0 Å². The van der Waals surface area contributed by atoms with Crippen LogP contribution in [0.25, 0.3) is 0 Å². The van der Waals surface area contributed by atoms with Gasteiger partial charge in [-0.2, -0.15) is 0 Å². The average molecular weight is 236 g/mol. The van der Waals surface area contributed by atoms with Crippen molar-refractivity contribution in [2.45, 2.75) is 6.92 Å². The smallest absolute Gasteiger partial charge is 0 e. The van der Waals surface area contributed by atoms with Gasteiger partial charge in [-0.1, -0.05) is 0 Å². The van der Waals surface area contributed by atoms with Gasteiger partial charge in [-0.3, -0.25) is 4.79 Å². The van der Waals surface area contributed by atoms with E-state index >= 15 is 0 Å². The number of hydrogen-bond donors (Lipinski definition) is 1. The van der Waals surface area contributed by atoms with E-state index in [0.29, 0.717) is 0 Å². The van der Waals surface area contributed by atoms with Crippen molar-refractivity contribution >= 4 is 49.6 Å². The van der Waals surface area contributed by atoms with E-state index in [0.717, 1.165) is 6.92 Å². The molecule has 0 saturated heterocycles. The summed E-state index contributed by atoms with van der Waals surface area (Å²) < 4.78 is 0. The number of hydrogen-bond acceptors (Lipinski definition) is 1. The summed E-state index contributed by atoms with van der Waals surface area (Å²) >= 11 is -0.931. The summed E-state index contributed by atoms with van der Waals surface area (Å²) in [7, 11) is 0. The Hall–Kier alpha value is 1.93. The number of carbonyl (C=O) groups is 1. The van der Waals surface area contributed by atoms with Crippen LogP contribution in [0.5, 0.6) is 0 Å². The molecule has 0 rings (SSSR count). The van der Waals surface area contributed by atoms with Gasteiger partial charge in [-0.25, -0.2) is 0 Å². The molecule has 0 spiro atoms. The zero-order chi connectivity index (χ0) is 6.28. The first-order valence-corrected chi connectivity index (χ1v) is 7.54. The van der Waals surface area contributed by atoms with E-state index in [1.807, 2.05) is 0 Å². The van der Waals surface area contributed by atoms with E-state index in [1.54, 1.807) is 0 Å². The standard InChI is InChI=1S/C2H4O2.Ca.2ClH.Zn/c1-2(3)4;;;;/h1H3,(H,3,4);;2*1H;/q;+2;;;/p-2. The molecule has 0 fully saturated rings. The summed E-state index contributed by atoms with van der Waals surface area (Å²) in [6, 6.07) is 0. The molecular weight excluding hydrogens is 232 g/mol. The molecule has 8 heavy (non-hydrogen) atoms. The molecule has 0 radical (unpaired) electrons. The summed E-state index contributed by atoms with van der Waals surface area (Å²) in [6.07, 6.45) is 9.90. The van der Waals surface area contributed by atoms with Crippen molar-refractivity contribution in [3.8, 4) is 0 Å². The molecule has 0 amide bonds. The molecule has 0 unspecified atom stereocenters. The Morgan fingerprint density at radius 1 is 1.62 bits per heavy atom. The molecule has 0 aliphatic heterocycles. The van der Waals surface area contributed by atoms with Crippen LogP contribution in [-0.4, -0.2) is 41.9 Å². The minimum atomic E-state index is -0.931. The first-order valence-electron chi connectivity index (χ1n) is 1.46. The molecule has 0 aromatic carbocycles. The number of aliphatic carboxylic acids is 1. The van der Waals surface area contributed by atoms with Crippen molar-refractivity contribution in [3.05, 3.63) is 0 Å². The molecule has 1 N–H and O–H groups in total. The maximum absolute atomic E-state index is 9.00. The van der Waals surface area contributed by atoms with Gasteiger partial charge in [-0.05, 0) is 0 Å². The topological polar surface area (TPSA) is 37.3 Å². The van der Waals surface area contributed by atoms with Crippen LogP contribution < -0.4 is 0 Å². The third-order valence-electron chi connectivity index (χ3n) is 0. The van der Waals surface area contributed by atoms with Crippen LogP contribution in [-0.2, 0) is 24.3 Å². The Labute approximate surface area is 84.4 Å². The van der Waals surface area contributed by atoms with Crippen LogP contribution in [0.1, 0.15) is 6.92 Å². The Bertz CT molecular complexity index is 49.3. The fourth-order valence-corrected chi connectivity index (χ4v) is 0. The second-order valence-corrected chi connectivity index (χ2v) is 4.27. The van der Waals surface area contributed by atoms with Crippen molar-refractivity contribution in [1.82, 2.24) is 0 Å². The molecule has 0 aliphatic rings. The monoisotopic (exact) mass is 234 g/mol. The van der Waals surface area contributed by atoms with E-state index in [-0.39, 0.29) is 19.5 Å². The number of carboxylic acid groups (broad SMARTS) is 1. The molecule has 0 aromatic heterocycles. The second-order valence-electron chi connectivity index (χ2n) is 0.620. The van der Waals surface area contributed by atoms with Gasteiger partial charge in [0.15, 0.2) is 0 Å². The zero-order valence-electron chi connectivity index (χ0n) is 4.53. The van der Waals surface area contributed by atoms with Gasteiger partial charge in [0.05, 0.1) is 0 Å². The van der Waals surface area contributed by atoms with E-state index in [9.17, 15) is 0 Å². The molecule has 0 heterocycles. The average Bonchev–Trinajstić information content (AvgIpc) is 1.33. The summed E-state index contributed by atoms with van der Waals surface area (Å²) in [6.45, 7) is 1.08. The molecule has 0 aromatic rings. The quantitative estimate of drug-likeness (QED) is 0.639. The van der Waals surface area contributed by atoms with Gasteiger partial charge in [0.25, 0.3) is 5.97 Å². The van der Waals surface area contributed by atoms with Crippen LogP contribution in [0.15, 0.2) is 0 Å². The van der Waals surface area contributed by atoms with E-state index in [1.165, 1.54) is 0 Å². The minimum absolute atomic E-state index is 0.